The minimum absolute atomic E-state index is 0.152. The summed E-state index contributed by atoms with van der Waals surface area (Å²) >= 11 is 0. The molecule has 98 valence electrons. The van der Waals surface area contributed by atoms with E-state index < -0.39 is 11.6 Å². The van der Waals surface area contributed by atoms with Gasteiger partial charge in [0.15, 0.2) is 0 Å². The summed E-state index contributed by atoms with van der Waals surface area (Å²) in [5.74, 6) is -1.53. The number of halogens is 2. The normalized spacial score (nSPS) is 10.5. The molecule has 0 unspecified atom stereocenters. The molecule has 0 aliphatic heterocycles. The van der Waals surface area contributed by atoms with Gasteiger partial charge < -0.3 is 0 Å². The standard InChI is InChI=1S/C16H14F2O/c1-11-5-2-3-6-12(11)9-13(19)10-14-15(17)7-4-8-16(14)18/h2-8H,9-10H2,1H3. The summed E-state index contributed by atoms with van der Waals surface area (Å²) < 4.78 is 26.9. The zero-order chi connectivity index (χ0) is 13.8. The van der Waals surface area contributed by atoms with E-state index in [0.717, 1.165) is 11.1 Å². The van der Waals surface area contributed by atoms with Crippen LogP contribution in [0.1, 0.15) is 16.7 Å². The Balaban J connectivity index is 2.12. The highest BCUT2D eigenvalue weighted by Gasteiger charge is 2.13. The van der Waals surface area contributed by atoms with Crippen LogP contribution in [0, 0.1) is 18.6 Å². The van der Waals surface area contributed by atoms with E-state index in [9.17, 15) is 13.6 Å². The molecule has 2 aromatic carbocycles. The second-order valence-electron chi connectivity index (χ2n) is 4.52. The minimum atomic E-state index is -0.668. The lowest BCUT2D eigenvalue weighted by Crippen LogP contribution is -2.10. The van der Waals surface area contributed by atoms with Crippen molar-refractivity contribution in [1.82, 2.24) is 0 Å². The second kappa shape index (κ2) is 5.74. The first-order chi connectivity index (χ1) is 9.08. The molecule has 0 aliphatic carbocycles. The molecule has 19 heavy (non-hydrogen) atoms. The van der Waals surface area contributed by atoms with Crippen LogP contribution in [-0.2, 0) is 17.6 Å². The maximum absolute atomic E-state index is 13.4. The highest BCUT2D eigenvalue weighted by molar-refractivity contribution is 5.83. The summed E-state index contributed by atoms with van der Waals surface area (Å²) in [6.07, 6.45) is -0.0205. The van der Waals surface area contributed by atoms with Crippen molar-refractivity contribution < 1.29 is 13.6 Å². The lowest BCUT2D eigenvalue weighted by atomic mass is 9.99. The van der Waals surface area contributed by atoms with Crippen molar-refractivity contribution in [3.05, 3.63) is 70.8 Å². The molecule has 0 radical (unpaired) electrons. The van der Waals surface area contributed by atoms with Gasteiger partial charge in [0, 0.05) is 18.4 Å². The van der Waals surface area contributed by atoms with Gasteiger partial charge >= 0.3 is 0 Å². The van der Waals surface area contributed by atoms with Crippen LogP contribution in [0.4, 0.5) is 8.78 Å². The fourth-order valence-corrected chi connectivity index (χ4v) is 1.98. The Morgan fingerprint density at radius 1 is 0.947 bits per heavy atom. The van der Waals surface area contributed by atoms with Gasteiger partial charge in [0.1, 0.15) is 17.4 Å². The van der Waals surface area contributed by atoms with Crippen LogP contribution in [0.2, 0.25) is 0 Å². The number of Topliss-reactive ketones (excluding diaryl/α,β-unsaturated/α-hetero) is 1. The van der Waals surface area contributed by atoms with Crippen LogP contribution in [0.15, 0.2) is 42.5 Å². The SMILES string of the molecule is Cc1ccccc1CC(=O)Cc1c(F)cccc1F. The first-order valence-corrected chi connectivity index (χ1v) is 6.07. The summed E-state index contributed by atoms with van der Waals surface area (Å²) in [5, 5.41) is 0. The zero-order valence-electron chi connectivity index (χ0n) is 10.6. The Labute approximate surface area is 110 Å². The third-order valence-electron chi connectivity index (χ3n) is 3.08. The van der Waals surface area contributed by atoms with Gasteiger partial charge in [-0.15, -0.1) is 0 Å². The predicted octanol–water partition coefficient (Wildman–Crippen LogP) is 3.63. The highest BCUT2D eigenvalue weighted by Crippen LogP contribution is 2.15. The van der Waals surface area contributed by atoms with Crippen LogP contribution >= 0.6 is 0 Å². The quantitative estimate of drug-likeness (QED) is 0.820. The number of hydrogen-bond acceptors (Lipinski definition) is 1. The first kappa shape index (κ1) is 13.4. The van der Waals surface area contributed by atoms with E-state index in [1.165, 1.54) is 18.2 Å². The van der Waals surface area contributed by atoms with Crippen molar-refractivity contribution in [2.24, 2.45) is 0 Å². The molecule has 0 bridgehead atoms. The number of benzene rings is 2. The van der Waals surface area contributed by atoms with Crippen molar-refractivity contribution >= 4 is 5.78 Å². The van der Waals surface area contributed by atoms with Crippen LogP contribution in [-0.4, -0.2) is 5.78 Å². The zero-order valence-corrected chi connectivity index (χ0v) is 10.6. The summed E-state index contributed by atoms with van der Waals surface area (Å²) in [4.78, 5) is 11.9. The Bertz CT molecular complexity index is 585. The van der Waals surface area contributed by atoms with Gasteiger partial charge in [-0.05, 0) is 30.2 Å². The van der Waals surface area contributed by atoms with Gasteiger partial charge in [-0.1, -0.05) is 30.3 Å². The fourth-order valence-electron chi connectivity index (χ4n) is 1.98. The molecule has 0 saturated carbocycles. The molecule has 0 aliphatic rings. The molecule has 0 amide bonds. The van der Waals surface area contributed by atoms with Gasteiger partial charge in [-0.2, -0.15) is 0 Å². The van der Waals surface area contributed by atoms with E-state index in [-0.39, 0.29) is 24.2 Å². The van der Waals surface area contributed by atoms with E-state index in [1.807, 2.05) is 31.2 Å². The second-order valence-corrected chi connectivity index (χ2v) is 4.52. The van der Waals surface area contributed by atoms with Crippen molar-refractivity contribution in [1.29, 1.82) is 0 Å². The molecule has 2 aromatic rings. The minimum Gasteiger partial charge on any atom is -0.299 e. The number of rotatable bonds is 4. The summed E-state index contributed by atoms with van der Waals surface area (Å²) in [6.45, 7) is 1.91. The summed E-state index contributed by atoms with van der Waals surface area (Å²) in [5.41, 5.74) is 1.75. The topological polar surface area (TPSA) is 17.1 Å². The molecule has 0 N–H and O–H groups in total. The van der Waals surface area contributed by atoms with Crippen molar-refractivity contribution in [3.8, 4) is 0 Å². The molecule has 0 saturated heterocycles. The number of aryl methyl sites for hydroxylation is 1. The average molecular weight is 260 g/mol. The monoisotopic (exact) mass is 260 g/mol. The molecule has 0 atom stereocenters. The molecular weight excluding hydrogens is 246 g/mol. The van der Waals surface area contributed by atoms with Gasteiger partial charge in [-0.25, -0.2) is 8.78 Å². The average Bonchev–Trinajstić information content (AvgIpc) is 2.37. The van der Waals surface area contributed by atoms with Crippen LogP contribution in [0.3, 0.4) is 0 Å². The first-order valence-electron chi connectivity index (χ1n) is 6.07. The Hall–Kier alpha value is -2.03. The Morgan fingerprint density at radius 3 is 2.21 bits per heavy atom. The van der Waals surface area contributed by atoms with Crippen molar-refractivity contribution in [3.63, 3.8) is 0 Å². The molecule has 0 heterocycles. The van der Waals surface area contributed by atoms with E-state index in [1.54, 1.807) is 0 Å². The van der Waals surface area contributed by atoms with Crippen molar-refractivity contribution in [2.45, 2.75) is 19.8 Å². The largest absolute Gasteiger partial charge is 0.299 e. The van der Waals surface area contributed by atoms with Gasteiger partial charge in [0.2, 0.25) is 0 Å². The molecule has 2 rings (SSSR count). The third-order valence-corrected chi connectivity index (χ3v) is 3.08. The maximum atomic E-state index is 13.4. The van der Waals surface area contributed by atoms with Gasteiger partial charge in [0.25, 0.3) is 0 Å². The van der Waals surface area contributed by atoms with E-state index in [0.29, 0.717) is 0 Å². The summed E-state index contributed by atoms with van der Waals surface area (Å²) in [7, 11) is 0. The third kappa shape index (κ3) is 3.25. The fraction of sp³-hybridized carbons (Fsp3) is 0.188. The van der Waals surface area contributed by atoms with Crippen LogP contribution < -0.4 is 0 Å². The number of ketones is 1. The lowest BCUT2D eigenvalue weighted by Gasteiger charge is -2.06. The van der Waals surface area contributed by atoms with E-state index >= 15 is 0 Å². The molecule has 1 nitrogen and oxygen atoms in total. The molecule has 0 spiro atoms. The Morgan fingerprint density at radius 2 is 1.58 bits per heavy atom. The molecule has 3 heteroatoms. The lowest BCUT2D eigenvalue weighted by molar-refractivity contribution is -0.117. The van der Waals surface area contributed by atoms with Gasteiger partial charge in [-0.3, -0.25) is 4.79 Å². The number of carbonyl (C=O) groups excluding carboxylic acids is 1. The molecule has 0 aromatic heterocycles. The molecule has 0 fully saturated rings. The van der Waals surface area contributed by atoms with Crippen molar-refractivity contribution in [2.75, 3.05) is 0 Å². The van der Waals surface area contributed by atoms with Crippen LogP contribution in [0.5, 0.6) is 0 Å². The number of hydrogen-bond donors (Lipinski definition) is 0. The Kier molecular flexibility index (Phi) is 4.05. The smallest absolute Gasteiger partial charge is 0.141 e. The maximum Gasteiger partial charge on any atom is 0.141 e. The van der Waals surface area contributed by atoms with Crippen LogP contribution in [0.25, 0.3) is 0 Å². The highest BCUT2D eigenvalue weighted by atomic mass is 19.1. The summed E-state index contributed by atoms with van der Waals surface area (Å²) in [6, 6.07) is 11.1. The van der Waals surface area contributed by atoms with E-state index in [4.69, 9.17) is 0 Å². The van der Waals surface area contributed by atoms with E-state index in [2.05, 4.69) is 0 Å². The number of carbonyl (C=O) groups is 1. The molecular formula is C16H14F2O. The predicted molar refractivity (Wildman–Crippen MR) is 70.0 cm³/mol. The van der Waals surface area contributed by atoms with Gasteiger partial charge in [0.05, 0.1) is 0 Å².